The van der Waals surface area contributed by atoms with Gasteiger partial charge in [-0.2, -0.15) is 4.98 Å². The maximum absolute atomic E-state index is 11.1. The van der Waals surface area contributed by atoms with Gasteiger partial charge in [0.15, 0.2) is 5.82 Å². The van der Waals surface area contributed by atoms with Gasteiger partial charge in [-0.25, -0.2) is 8.42 Å². The normalized spacial score (nSPS) is 21.7. The molecule has 2 unspecified atom stereocenters. The van der Waals surface area contributed by atoms with Crippen molar-refractivity contribution in [2.24, 2.45) is 11.7 Å². The van der Waals surface area contributed by atoms with E-state index in [1.807, 2.05) is 0 Å². The van der Waals surface area contributed by atoms with E-state index >= 15 is 0 Å². The fourth-order valence-electron chi connectivity index (χ4n) is 1.97. The van der Waals surface area contributed by atoms with Gasteiger partial charge in [0.1, 0.15) is 9.84 Å². The Morgan fingerprint density at radius 2 is 2.32 bits per heavy atom. The zero-order chi connectivity index (χ0) is 13.9. The Kier molecular flexibility index (Phi) is 4.54. The monoisotopic (exact) mass is 289 g/mol. The first-order valence-corrected chi connectivity index (χ1v) is 8.33. The highest BCUT2D eigenvalue weighted by atomic mass is 32.2. The van der Waals surface area contributed by atoms with E-state index in [4.69, 9.17) is 15.0 Å². The van der Waals surface area contributed by atoms with Crippen molar-refractivity contribution in [3.63, 3.8) is 0 Å². The Bertz CT molecular complexity index is 508. The lowest BCUT2D eigenvalue weighted by Gasteiger charge is -2.04. The maximum Gasteiger partial charge on any atom is 0.243 e. The summed E-state index contributed by atoms with van der Waals surface area (Å²) < 4.78 is 32.5. The summed E-state index contributed by atoms with van der Waals surface area (Å²) in [5, 5.41) is 3.87. The topological polar surface area (TPSA) is 108 Å². The van der Waals surface area contributed by atoms with E-state index in [0.717, 1.165) is 19.6 Å². The van der Waals surface area contributed by atoms with Crippen molar-refractivity contribution in [1.29, 1.82) is 0 Å². The van der Waals surface area contributed by atoms with E-state index in [1.165, 1.54) is 6.26 Å². The molecule has 0 spiro atoms. The Morgan fingerprint density at radius 3 is 2.95 bits per heavy atom. The van der Waals surface area contributed by atoms with Gasteiger partial charge in [0.05, 0.1) is 11.8 Å². The summed E-state index contributed by atoms with van der Waals surface area (Å²) in [7, 11) is -3.03. The first-order valence-electron chi connectivity index (χ1n) is 6.27. The molecule has 1 aromatic heterocycles. The number of hydrogen-bond acceptors (Lipinski definition) is 7. The van der Waals surface area contributed by atoms with Crippen molar-refractivity contribution in [1.82, 2.24) is 10.1 Å². The van der Waals surface area contributed by atoms with E-state index in [-0.39, 0.29) is 12.2 Å². The SMILES string of the molecule is CS(=O)(=O)CCC(N)c1nc(CC2CCOC2)no1. The molecule has 2 atom stereocenters. The average molecular weight is 289 g/mol. The van der Waals surface area contributed by atoms with E-state index < -0.39 is 15.9 Å². The molecule has 1 fully saturated rings. The van der Waals surface area contributed by atoms with E-state index in [1.54, 1.807) is 0 Å². The van der Waals surface area contributed by atoms with Gasteiger partial charge in [-0.1, -0.05) is 5.16 Å². The number of rotatable bonds is 6. The zero-order valence-corrected chi connectivity index (χ0v) is 11.7. The number of aromatic nitrogens is 2. The minimum absolute atomic E-state index is 0.0162. The number of hydrogen-bond donors (Lipinski definition) is 1. The molecule has 8 heteroatoms. The van der Waals surface area contributed by atoms with Gasteiger partial charge in [0.25, 0.3) is 0 Å². The van der Waals surface area contributed by atoms with Crippen LogP contribution in [-0.2, 0) is 21.0 Å². The second-order valence-electron chi connectivity index (χ2n) is 5.01. The minimum atomic E-state index is -3.03. The molecule has 0 aliphatic carbocycles. The number of sulfone groups is 1. The van der Waals surface area contributed by atoms with Crippen molar-refractivity contribution in [2.45, 2.75) is 25.3 Å². The third-order valence-electron chi connectivity index (χ3n) is 3.10. The molecule has 108 valence electrons. The molecule has 19 heavy (non-hydrogen) atoms. The van der Waals surface area contributed by atoms with Gasteiger partial charge < -0.3 is 15.0 Å². The summed E-state index contributed by atoms with van der Waals surface area (Å²) in [4.78, 5) is 4.22. The molecule has 2 heterocycles. The van der Waals surface area contributed by atoms with Crippen molar-refractivity contribution >= 4 is 9.84 Å². The summed E-state index contributed by atoms with van der Waals surface area (Å²) in [5.74, 6) is 1.36. The third-order valence-corrected chi connectivity index (χ3v) is 4.07. The maximum atomic E-state index is 11.1. The molecule has 0 amide bonds. The van der Waals surface area contributed by atoms with Crippen molar-refractivity contribution in [2.75, 3.05) is 25.2 Å². The molecule has 2 N–H and O–H groups in total. The lowest BCUT2D eigenvalue weighted by molar-refractivity contribution is 0.185. The number of nitrogens with two attached hydrogens (primary N) is 1. The standard InChI is InChI=1S/C11H19N3O4S/c1-19(15,16)5-3-9(12)11-13-10(14-18-11)6-8-2-4-17-7-8/h8-9H,2-7,12H2,1H3. The predicted octanol–water partition coefficient (Wildman–Crippen LogP) is 0.0831. The Morgan fingerprint density at radius 1 is 1.53 bits per heavy atom. The molecule has 1 saturated heterocycles. The van der Waals surface area contributed by atoms with Crippen LogP contribution in [0.25, 0.3) is 0 Å². The van der Waals surface area contributed by atoms with Crippen LogP contribution < -0.4 is 5.73 Å². The van der Waals surface area contributed by atoms with Crippen LogP contribution in [0, 0.1) is 5.92 Å². The molecule has 0 radical (unpaired) electrons. The first kappa shape index (κ1) is 14.4. The Balaban J connectivity index is 1.88. The van der Waals surface area contributed by atoms with Gasteiger partial charge in [-0.05, 0) is 18.8 Å². The van der Waals surface area contributed by atoms with Crippen molar-refractivity contribution < 1.29 is 17.7 Å². The lowest BCUT2D eigenvalue weighted by atomic mass is 10.1. The molecule has 2 rings (SSSR count). The van der Waals surface area contributed by atoms with Gasteiger partial charge in [0, 0.05) is 25.9 Å². The molecule has 0 aromatic carbocycles. The van der Waals surface area contributed by atoms with Gasteiger partial charge in [0.2, 0.25) is 5.89 Å². The smallest absolute Gasteiger partial charge is 0.243 e. The highest BCUT2D eigenvalue weighted by Crippen LogP contribution is 2.18. The second kappa shape index (κ2) is 5.98. The van der Waals surface area contributed by atoms with Crippen LogP contribution >= 0.6 is 0 Å². The van der Waals surface area contributed by atoms with Gasteiger partial charge >= 0.3 is 0 Å². The highest BCUT2D eigenvalue weighted by molar-refractivity contribution is 7.90. The number of nitrogens with zero attached hydrogens (tertiary/aromatic N) is 2. The lowest BCUT2D eigenvalue weighted by Crippen LogP contribution is -2.16. The predicted molar refractivity (Wildman–Crippen MR) is 68.2 cm³/mol. The van der Waals surface area contributed by atoms with E-state index in [2.05, 4.69) is 10.1 Å². The summed E-state index contributed by atoms with van der Waals surface area (Å²) in [5.41, 5.74) is 5.84. The van der Waals surface area contributed by atoms with Crippen LogP contribution in [0.3, 0.4) is 0 Å². The van der Waals surface area contributed by atoms with Crippen LogP contribution in [0.5, 0.6) is 0 Å². The molecule has 1 aliphatic rings. The van der Waals surface area contributed by atoms with E-state index in [9.17, 15) is 8.42 Å². The molecule has 0 saturated carbocycles. The van der Waals surface area contributed by atoms with Crippen LogP contribution in [0.2, 0.25) is 0 Å². The third kappa shape index (κ3) is 4.55. The van der Waals surface area contributed by atoms with Crippen LogP contribution in [-0.4, -0.2) is 43.8 Å². The van der Waals surface area contributed by atoms with Crippen LogP contribution in [0.15, 0.2) is 4.52 Å². The summed E-state index contributed by atoms with van der Waals surface area (Å²) in [6, 6.07) is -0.532. The highest BCUT2D eigenvalue weighted by Gasteiger charge is 2.21. The fourth-order valence-corrected chi connectivity index (χ4v) is 2.65. The quantitative estimate of drug-likeness (QED) is 0.790. The second-order valence-corrected chi connectivity index (χ2v) is 7.27. The first-order chi connectivity index (χ1) is 8.94. The van der Waals surface area contributed by atoms with Crippen molar-refractivity contribution in [3.05, 3.63) is 11.7 Å². The Hall–Kier alpha value is -0.990. The minimum Gasteiger partial charge on any atom is -0.381 e. The largest absolute Gasteiger partial charge is 0.381 e. The molecule has 0 bridgehead atoms. The van der Waals surface area contributed by atoms with Crippen LogP contribution in [0.1, 0.15) is 30.6 Å². The van der Waals surface area contributed by atoms with Crippen LogP contribution in [0.4, 0.5) is 0 Å². The summed E-state index contributed by atoms with van der Waals surface area (Å²) in [6.45, 7) is 1.51. The average Bonchev–Trinajstić information content (AvgIpc) is 2.97. The van der Waals surface area contributed by atoms with Gasteiger partial charge in [-0.3, -0.25) is 0 Å². The van der Waals surface area contributed by atoms with E-state index in [0.29, 0.717) is 24.1 Å². The molecular weight excluding hydrogens is 270 g/mol. The molecule has 1 aromatic rings. The molecular formula is C11H19N3O4S. The summed E-state index contributed by atoms with van der Waals surface area (Å²) >= 11 is 0. The van der Waals surface area contributed by atoms with Crippen molar-refractivity contribution in [3.8, 4) is 0 Å². The summed E-state index contributed by atoms with van der Waals surface area (Å²) in [6.07, 6.45) is 3.18. The van der Waals surface area contributed by atoms with Gasteiger partial charge in [-0.15, -0.1) is 0 Å². The zero-order valence-electron chi connectivity index (χ0n) is 10.9. The Labute approximate surface area is 112 Å². The number of ether oxygens (including phenoxy) is 1. The molecule has 1 aliphatic heterocycles. The molecule has 7 nitrogen and oxygen atoms in total. The fraction of sp³-hybridized carbons (Fsp3) is 0.818.